The third-order valence-electron chi connectivity index (χ3n) is 2.08. The number of hydrogen-bond donors (Lipinski definition) is 2. The summed E-state index contributed by atoms with van der Waals surface area (Å²) < 4.78 is 0. The minimum Gasteiger partial charge on any atom is -0.351 e. The lowest BCUT2D eigenvalue weighted by atomic mass is 10.1. The van der Waals surface area contributed by atoms with Gasteiger partial charge in [-0.15, -0.1) is 11.8 Å². The number of hydrogen-bond acceptors (Lipinski definition) is 3. The zero-order valence-electron chi connectivity index (χ0n) is 10.3. The molecule has 1 amide bonds. The van der Waals surface area contributed by atoms with Crippen LogP contribution in [0.5, 0.6) is 0 Å². The Kier molecular flexibility index (Phi) is 3.71. The first-order chi connectivity index (χ1) is 6.68. The third kappa shape index (κ3) is 4.89. The molecular weight excluding hydrogens is 208 g/mol. The Bertz CT molecular complexity index is 245. The van der Waals surface area contributed by atoms with E-state index in [1.54, 1.807) is 0 Å². The van der Waals surface area contributed by atoms with E-state index in [4.69, 9.17) is 0 Å². The number of rotatable bonds is 2. The van der Waals surface area contributed by atoms with Gasteiger partial charge in [-0.2, -0.15) is 0 Å². The van der Waals surface area contributed by atoms with Crippen molar-refractivity contribution < 1.29 is 4.79 Å². The van der Waals surface area contributed by atoms with Crippen molar-refractivity contribution in [1.29, 1.82) is 0 Å². The zero-order valence-corrected chi connectivity index (χ0v) is 11.1. The predicted octanol–water partition coefficient (Wildman–Crippen LogP) is 1.73. The first-order valence-corrected chi connectivity index (χ1v) is 6.43. The van der Waals surface area contributed by atoms with Crippen molar-refractivity contribution >= 4 is 17.7 Å². The van der Waals surface area contributed by atoms with Crippen molar-refractivity contribution in [2.75, 3.05) is 5.75 Å². The molecular formula is C11H22N2OS. The van der Waals surface area contributed by atoms with E-state index in [1.165, 1.54) is 0 Å². The maximum Gasteiger partial charge on any atom is 0.222 e. The number of carbonyl (C=O) groups excluding carboxylic acids is 1. The second-order valence-corrected chi connectivity index (χ2v) is 7.02. The van der Waals surface area contributed by atoms with Gasteiger partial charge in [0.2, 0.25) is 5.91 Å². The summed E-state index contributed by atoms with van der Waals surface area (Å²) in [6, 6.07) is 0. The van der Waals surface area contributed by atoms with Crippen LogP contribution in [0.1, 0.15) is 41.0 Å². The maximum atomic E-state index is 11.7. The molecule has 1 saturated heterocycles. The average Bonchev–Trinajstić information content (AvgIpc) is 2.25. The average molecular weight is 230 g/mol. The highest BCUT2D eigenvalue weighted by atomic mass is 32.2. The fraction of sp³-hybridized carbons (Fsp3) is 0.909. The molecule has 0 bridgehead atoms. The molecule has 0 aliphatic carbocycles. The van der Waals surface area contributed by atoms with Crippen LogP contribution >= 0.6 is 11.8 Å². The van der Waals surface area contributed by atoms with Gasteiger partial charge >= 0.3 is 0 Å². The molecule has 0 aromatic heterocycles. The van der Waals surface area contributed by atoms with Crippen LogP contribution in [0, 0.1) is 0 Å². The standard InChI is InChI=1S/C11H22N2OS/c1-10(2,3)12-8(14)6-9-13-11(4,5)7-15-9/h9,13H,6-7H2,1-5H3,(H,12,14). The van der Waals surface area contributed by atoms with E-state index in [0.717, 1.165) is 5.75 Å². The highest BCUT2D eigenvalue weighted by Crippen LogP contribution is 2.27. The van der Waals surface area contributed by atoms with Crippen LogP contribution in [0.3, 0.4) is 0 Å². The van der Waals surface area contributed by atoms with Crippen LogP contribution in [0.4, 0.5) is 0 Å². The number of amides is 1. The van der Waals surface area contributed by atoms with Gasteiger partial charge in [-0.3, -0.25) is 10.1 Å². The van der Waals surface area contributed by atoms with Crippen molar-refractivity contribution in [3.8, 4) is 0 Å². The van der Waals surface area contributed by atoms with Gasteiger partial charge in [0.05, 0.1) is 11.8 Å². The third-order valence-corrected chi connectivity index (χ3v) is 3.66. The van der Waals surface area contributed by atoms with Crippen LogP contribution in [-0.4, -0.2) is 28.1 Å². The minimum absolute atomic E-state index is 0.129. The second kappa shape index (κ2) is 4.34. The summed E-state index contributed by atoms with van der Waals surface area (Å²) in [7, 11) is 0. The topological polar surface area (TPSA) is 41.1 Å². The van der Waals surface area contributed by atoms with Gasteiger partial charge in [-0.05, 0) is 34.6 Å². The first-order valence-electron chi connectivity index (χ1n) is 5.38. The summed E-state index contributed by atoms with van der Waals surface area (Å²) in [6.07, 6.45) is 0.561. The lowest BCUT2D eigenvalue weighted by Crippen LogP contribution is -2.44. The first kappa shape index (κ1) is 12.8. The van der Waals surface area contributed by atoms with E-state index in [1.807, 2.05) is 32.5 Å². The lowest BCUT2D eigenvalue weighted by molar-refractivity contribution is -0.122. The van der Waals surface area contributed by atoms with E-state index >= 15 is 0 Å². The molecule has 1 aliphatic rings. The fourth-order valence-electron chi connectivity index (χ4n) is 1.58. The largest absolute Gasteiger partial charge is 0.351 e. The number of thioether (sulfide) groups is 1. The maximum absolute atomic E-state index is 11.7. The van der Waals surface area contributed by atoms with Gasteiger partial charge in [0, 0.05) is 16.8 Å². The molecule has 1 aliphatic heterocycles. The van der Waals surface area contributed by atoms with Crippen molar-refractivity contribution in [2.24, 2.45) is 0 Å². The summed E-state index contributed by atoms with van der Waals surface area (Å²) in [4.78, 5) is 11.7. The monoisotopic (exact) mass is 230 g/mol. The minimum atomic E-state index is -0.129. The fourth-order valence-corrected chi connectivity index (χ4v) is 2.95. The van der Waals surface area contributed by atoms with E-state index in [2.05, 4.69) is 24.5 Å². The number of carbonyl (C=O) groups is 1. The van der Waals surface area contributed by atoms with E-state index in [9.17, 15) is 4.79 Å². The molecule has 1 unspecified atom stereocenters. The summed E-state index contributed by atoms with van der Waals surface area (Å²) in [5.41, 5.74) is 0.0349. The number of nitrogens with one attached hydrogen (secondary N) is 2. The molecule has 0 aromatic rings. The van der Waals surface area contributed by atoms with Crippen molar-refractivity contribution in [3.63, 3.8) is 0 Å². The van der Waals surface area contributed by atoms with E-state index in [-0.39, 0.29) is 22.4 Å². The SMILES string of the molecule is CC(C)(C)NC(=O)CC1NC(C)(C)CS1. The summed E-state index contributed by atoms with van der Waals surface area (Å²) in [6.45, 7) is 10.3. The molecule has 1 rings (SSSR count). The molecule has 88 valence electrons. The van der Waals surface area contributed by atoms with Gasteiger partial charge in [0.15, 0.2) is 0 Å². The molecule has 1 heterocycles. The quantitative estimate of drug-likeness (QED) is 0.759. The molecule has 0 aromatic carbocycles. The van der Waals surface area contributed by atoms with Gasteiger partial charge in [-0.25, -0.2) is 0 Å². The normalized spacial score (nSPS) is 25.3. The van der Waals surface area contributed by atoms with Crippen LogP contribution in [0.25, 0.3) is 0 Å². The van der Waals surface area contributed by atoms with Crippen LogP contribution < -0.4 is 10.6 Å². The Morgan fingerprint density at radius 1 is 1.53 bits per heavy atom. The Balaban J connectivity index is 2.34. The molecule has 0 saturated carbocycles. The van der Waals surface area contributed by atoms with Gasteiger partial charge < -0.3 is 5.32 Å². The molecule has 2 N–H and O–H groups in total. The zero-order chi connectivity index (χ0) is 11.7. The highest BCUT2D eigenvalue weighted by molar-refractivity contribution is 8.00. The summed E-state index contributed by atoms with van der Waals surface area (Å²) in [5.74, 6) is 1.20. The highest BCUT2D eigenvalue weighted by Gasteiger charge is 2.32. The molecule has 15 heavy (non-hydrogen) atoms. The molecule has 0 spiro atoms. The van der Waals surface area contributed by atoms with Crippen LogP contribution in [0.15, 0.2) is 0 Å². The Morgan fingerprint density at radius 3 is 2.53 bits per heavy atom. The van der Waals surface area contributed by atoms with Crippen molar-refractivity contribution in [1.82, 2.24) is 10.6 Å². The van der Waals surface area contributed by atoms with Crippen molar-refractivity contribution in [3.05, 3.63) is 0 Å². The molecule has 0 radical (unpaired) electrons. The molecule has 1 fully saturated rings. The molecule has 3 nitrogen and oxygen atoms in total. The van der Waals surface area contributed by atoms with Gasteiger partial charge in [0.1, 0.15) is 0 Å². The molecule has 4 heteroatoms. The van der Waals surface area contributed by atoms with E-state index < -0.39 is 0 Å². The Morgan fingerprint density at radius 2 is 2.13 bits per heavy atom. The van der Waals surface area contributed by atoms with Gasteiger partial charge in [0.25, 0.3) is 0 Å². The smallest absolute Gasteiger partial charge is 0.222 e. The van der Waals surface area contributed by atoms with Crippen LogP contribution in [-0.2, 0) is 4.79 Å². The Hall–Kier alpha value is -0.220. The second-order valence-electron chi connectivity index (χ2n) is 5.83. The van der Waals surface area contributed by atoms with Crippen molar-refractivity contribution in [2.45, 2.75) is 57.5 Å². The van der Waals surface area contributed by atoms with Crippen LogP contribution in [0.2, 0.25) is 0 Å². The van der Waals surface area contributed by atoms with Gasteiger partial charge in [-0.1, -0.05) is 0 Å². The summed E-state index contributed by atoms with van der Waals surface area (Å²) >= 11 is 1.83. The summed E-state index contributed by atoms with van der Waals surface area (Å²) in [5, 5.41) is 6.70. The molecule has 1 atom stereocenters. The lowest BCUT2D eigenvalue weighted by Gasteiger charge is -2.22. The Labute approximate surface area is 96.8 Å². The predicted molar refractivity (Wildman–Crippen MR) is 66.0 cm³/mol. The van der Waals surface area contributed by atoms with E-state index in [0.29, 0.717) is 6.42 Å².